The van der Waals surface area contributed by atoms with Crippen LogP contribution in [0.1, 0.15) is 60.9 Å². The summed E-state index contributed by atoms with van der Waals surface area (Å²) in [4.78, 5) is 11.9. The molecule has 3 rings (SSSR count). The summed E-state index contributed by atoms with van der Waals surface area (Å²) >= 11 is 0. The molecule has 1 atom stereocenters. The summed E-state index contributed by atoms with van der Waals surface area (Å²) in [5, 5.41) is 18.3. The number of hydrogen-bond acceptors (Lipinski definition) is 4. The Bertz CT molecular complexity index is 1150. The Hall–Kier alpha value is -2.51. The molecule has 0 amide bonds. The fraction of sp³-hybridized carbons (Fsp3) is 0.480. The van der Waals surface area contributed by atoms with Gasteiger partial charge in [0.05, 0.1) is 18.5 Å². The van der Waals surface area contributed by atoms with Crippen molar-refractivity contribution in [2.24, 2.45) is 7.05 Å². The van der Waals surface area contributed by atoms with Gasteiger partial charge in [0, 0.05) is 13.0 Å². The zero-order valence-corrected chi connectivity index (χ0v) is 21.5. The Morgan fingerprint density at radius 1 is 1.16 bits per heavy atom. The first kappa shape index (κ1) is 24.1. The summed E-state index contributed by atoms with van der Waals surface area (Å²) in [6.45, 7) is 15.7. The van der Waals surface area contributed by atoms with Crippen molar-refractivity contribution in [3.05, 3.63) is 58.1 Å². The van der Waals surface area contributed by atoms with Crippen LogP contribution in [0.3, 0.4) is 0 Å². The van der Waals surface area contributed by atoms with Crippen LogP contribution in [0.5, 0.6) is 0 Å². The molecule has 0 radical (unpaired) electrons. The van der Waals surface area contributed by atoms with Crippen LogP contribution in [-0.2, 0) is 22.9 Å². The van der Waals surface area contributed by atoms with Crippen molar-refractivity contribution < 1.29 is 14.3 Å². The van der Waals surface area contributed by atoms with E-state index in [-0.39, 0.29) is 17.4 Å². The summed E-state index contributed by atoms with van der Waals surface area (Å²) in [6, 6.07) is 10.2. The Morgan fingerprint density at radius 2 is 1.81 bits per heavy atom. The van der Waals surface area contributed by atoms with Gasteiger partial charge in [-0.3, -0.25) is 4.79 Å². The van der Waals surface area contributed by atoms with E-state index < -0.39 is 14.3 Å². The van der Waals surface area contributed by atoms with Crippen molar-refractivity contribution in [2.75, 3.05) is 0 Å². The van der Waals surface area contributed by atoms with E-state index in [1.165, 1.54) is 0 Å². The highest BCUT2D eigenvalue weighted by atomic mass is 28.4. The van der Waals surface area contributed by atoms with Crippen LogP contribution in [0, 0.1) is 13.8 Å². The second kappa shape index (κ2) is 8.79. The lowest BCUT2D eigenvalue weighted by Crippen LogP contribution is -2.40. The minimum absolute atomic E-state index is 0.00274. The molecule has 3 aromatic rings. The van der Waals surface area contributed by atoms with Gasteiger partial charge in [-0.25, -0.2) is 4.68 Å². The Kier molecular flexibility index (Phi) is 6.63. The van der Waals surface area contributed by atoms with Gasteiger partial charge in [-0.05, 0) is 60.3 Å². The van der Waals surface area contributed by atoms with Crippen LogP contribution in [0.15, 0.2) is 30.3 Å². The number of nitrogens with zero attached hydrogens (tertiary/aromatic N) is 3. The molecular weight excluding hydrogens is 418 g/mol. The van der Waals surface area contributed by atoms with Crippen LogP contribution in [0.4, 0.5) is 0 Å². The highest BCUT2D eigenvalue weighted by Gasteiger charge is 2.37. The van der Waals surface area contributed by atoms with E-state index in [1.54, 1.807) is 4.68 Å². The van der Waals surface area contributed by atoms with Gasteiger partial charge in [0.15, 0.2) is 8.32 Å². The van der Waals surface area contributed by atoms with Crippen molar-refractivity contribution in [1.82, 2.24) is 15.0 Å². The van der Waals surface area contributed by atoms with Gasteiger partial charge >= 0.3 is 5.97 Å². The van der Waals surface area contributed by atoms with Crippen LogP contribution < -0.4 is 0 Å². The number of aliphatic carboxylic acids is 1. The highest BCUT2D eigenvalue weighted by Crippen LogP contribution is 2.39. The lowest BCUT2D eigenvalue weighted by atomic mass is 9.83. The maximum absolute atomic E-state index is 11.9. The first-order valence-electron chi connectivity index (χ1n) is 11.1. The molecule has 0 spiro atoms. The summed E-state index contributed by atoms with van der Waals surface area (Å²) in [7, 11) is -0.0952. The number of hydrogen-bond donors (Lipinski definition) is 1. The molecule has 2 aromatic carbocycles. The molecule has 6 nitrogen and oxygen atoms in total. The molecule has 7 heteroatoms. The lowest BCUT2D eigenvalue weighted by Gasteiger charge is -2.36. The molecule has 1 aromatic heterocycles. The largest absolute Gasteiger partial charge is 0.481 e. The monoisotopic (exact) mass is 453 g/mol. The van der Waals surface area contributed by atoms with Crippen molar-refractivity contribution in [1.29, 1.82) is 0 Å². The zero-order valence-electron chi connectivity index (χ0n) is 20.5. The zero-order chi connectivity index (χ0) is 23.8. The predicted molar refractivity (Wildman–Crippen MR) is 131 cm³/mol. The van der Waals surface area contributed by atoms with Crippen molar-refractivity contribution in [3.63, 3.8) is 0 Å². The molecular formula is C25H35N3O3Si. The lowest BCUT2D eigenvalue weighted by molar-refractivity contribution is -0.137. The maximum atomic E-state index is 11.9. The molecule has 32 heavy (non-hydrogen) atoms. The molecule has 0 saturated carbocycles. The predicted octanol–water partition coefficient (Wildman–Crippen LogP) is 5.71. The maximum Gasteiger partial charge on any atom is 0.304 e. The number of carboxylic acid groups (broad SMARTS) is 1. The van der Waals surface area contributed by atoms with Gasteiger partial charge in [0.1, 0.15) is 5.52 Å². The first-order chi connectivity index (χ1) is 14.8. The van der Waals surface area contributed by atoms with E-state index in [1.807, 2.05) is 26.1 Å². The smallest absolute Gasteiger partial charge is 0.304 e. The van der Waals surface area contributed by atoms with E-state index in [0.717, 1.165) is 38.9 Å². The number of aromatic nitrogens is 3. The van der Waals surface area contributed by atoms with Crippen LogP contribution in [0.2, 0.25) is 18.1 Å². The third kappa shape index (κ3) is 4.78. The number of carboxylic acids is 1. The summed E-state index contributed by atoms with van der Waals surface area (Å²) < 4.78 is 8.28. The van der Waals surface area contributed by atoms with Gasteiger partial charge in [0.25, 0.3) is 0 Å². The summed E-state index contributed by atoms with van der Waals surface area (Å²) in [5.41, 5.74) is 6.88. The topological polar surface area (TPSA) is 77.2 Å². The minimum atomic E-state index is -1.96. The third-order valence-electron chi connectivity index (χ3n) is 6.90. The van der Waals surface area contributed by atoms with Crippen LogP contribution in [-0.4, -0.2) is 34.4 Å². The average molecular weight is 454 g/mol. The Morgan fingerprint density at radius 3 is 2.44 bits per heavy atom. The molecule has 0 aliphatic heterocycles. The second-order valence-electron chi connectivity index (χ2n) is 10.3. The third-order valence-corrected chi connectivity index (χ3v) is 11.4. The van der Waals surface area contributed by atoms with E-state index in [4.69, 9.17) is 4.43 Å². The van der Waals surface area contributed by atoms with Gasteiger partial charge in [-0.2, -0.15) is 0 Å². The van der Waals surface area contributed by atoms with Gasteiger partial charge in [-0.1, -0.05) is 55.8 Å². The van der Waals surface area contributed by atoms with Crippen molar-refractivity contribution in [3.8, 4) is 0 Å². The number of benzene rings is 2. The van der Waals surface area contributed by atoms with Gasteiger partial charge < -0.3 is 9.53 Å². The SMILES string of the molecule is Cc1ccc(C(CC(=O)O)c2ccc3c(nnn3C)c2C)c(CO[Si](C)(C)C(C)(C)C)c1. The number of aryl methyl sites for hydroxylation is 3. The fourth-order valence-electron chi connectivity index (χ4n) is 3.86. The average Bonchev–Trinajstić information content (AvgIpc) is 3.06. The minimum Gasteiger partial charge on any atom is -0.481 e. The summed E-state index contributed by atoms with van der Waals surface area (Å²) in [6.07, 6.45) is 0.00274. The Balaban J connectivity index is 2.09. The number of fused-ring (bicyclic) bond motifs is 1. The number of carbonyl (C=O) groups is 1. The molecule has 0 fully saturated rings. The van der Waals surface area contributed by atoms with Crippen molar-refractivity contribution in [2.45, 2.75) is 71.7 Å². The van der Waals surface area contributed by atoms with E-state index in [9.17, 15) is 9.90 Å². The van der Waals surface area contributed by atoms with Crippen LogP contribution in [0.25, 0.3) is 11.0 Å². The van der Waals surface area contributed by atoms with Crippen molar-refractivity contribution >= 4 is 25.3 Å². The quantitative estimate of drug-likeness (QED) is 0.463. The van der Waals surface area contributed by atoms with Gasteiger partial charge in [0.2, 0.25) is 0 Å². The van der Waals surface area contributed by atoms with Gasteiger partial charge in [-0.15, -0.1) is 5.10 Å². The molecule has 0 aliphatic carbocycles. The normalized spacial score (nSPS) is 13.5. The molecule has 0 saturated heterocycles. The highest BCUT2D eigenvalue weighted by molar-refractivity contribution is 6.74. The summed E-state index contributed by atoms with van der Waals surface area (Å²) in [5.74, 6) is -1.12. The standard InChI is InChI=1S/C25H35N3O3Si/c1-16-9-10-20(18(13-16)15-31-32(7,8)25(3,4)5)21(14-23(29)30)19-11-12-22-24(17(19)2)26-27-28(22)6/h9-13,21H,14-15H2,1-8H3,(H,29,30). The van der Waals surface area contributed by atoms with Crippen LogP contribution >= 0.6 is 0 Å². The number of rotatable bonds is 7. The molecule has 172 valence electrons. The first-order valence-corrected chi connectivity index (χ1v) is 14.0. The fourth-order valence-corrected chi connectivity index (χ4v) is 4.81. The van der Waals surface area contributed by atoms with E-state index in [2.05, 4.69) is 69.3 Å². The van der Waals surface area contributed by atoms with E-state index >= 15 is 0 Å². The second-order valence-corrected chi connectivity index (χ2v) is 15.1. The molecule has 1 heterocycles. The molecule has 1 N–H and O–H groups in total. The Labute approximate surface area is 191 Å². The molecule has 0 bridgehead atoms. The van der Waals surface area contributed by atoms with E-state index in [0.29, 0.717) is 6.61 Å². The molecule has 1 unspecified atom stereocenters. The molecule has 0 aliphatic rings.